The molecule has 0 aliphatic heterocycles. The van der Waals surface area contributed by atoms with Crippen molar-refractivity contribution in [2.75, 3.05) is 46.4 Å². The highest BCUT2D eigenvalue weighted by atomic mass is 17.2. The molecule has 0 spiro atoms. The fourth-order valence-electron chi connectivity index (χ4n) is 3.81. The molecule has 0 rings (SSSR count). The second-order valence-corrected chi connectivity index (χ2v) is 9.20. The van der Waals surface area contributed by atoms with Crippen LogP contribution < -0.4 is 0 Å². The molecule has 0 aromatic carbocycles. The minimum Gasteiger partial charge on any atom is -0.379 e. The Hall–Kier alpha value is -0.200. The monoisotopic (exact) mass is 474 g/mol. The van der Waals surface area contributed by atoms with Crippen molar-refractivity contribution in [2.45, 2.75) is 136 Å². The highest BCUT2D eigenvalue weighted by molar-refractivity contribution is 4.49. The minimum atomic E-state index is 0.194. The van der Waals surface area contributed by atoms with Gasteiger partial charge in [-0.25, -0.2) is 9.78 Å². The Morgan fingerprint density at radius 3 is 1.18 bits per heavy atom. The van der Waals surface area contributed by atoms with E-state index in [0.717, 1.165) is 26.1 Å². The Bertz CT molecular complexity index is 297. The number of rotatable bonds is 30. The van der Waals surface area contributed by atoms with E-state index >= 15 is 0 Å². The molecule has 0 aromatic rings. The summed E-state index contributed by atoms with van der Waals surface area (Å²) in [5, 5.41) is 0. The summed E-state index contributed by atoms with van der Waals surface area (Å²) in [5.41, 5.74) is 0. The lowest BCUT2D eigenvalue weighted by Crippen LogP contribution is -2.11. The quantitative estimate of drug-likeness (QED) is 0.0452. The van der Waals surface area contributed by atoms with Gasteiger partial charge < -0.3 is 14.2 Å². The molecule has 0 aliphatic carbocycles. The zero-order valence-electron chi connectivity index (χ0n) is 22.4. The average Bonchev–Trinajstić information content (AvgIpc) is 2.83. The Labute approximate surface area is 206 Å². The maximum absolute atomic E-state index is 5.51. The molecule has 5 nitrogen and oxygen atoms in total. The highest BCUT2D eigenvalue weighted by Gasteiger charge is 1.96. The molecule has 0 N–H and O–H groups in total. The molecular formula is C28H58O5. The summed E-state index contributed by atoms with van der Waals surface area (Å²) in [6, 6.07) is 0. The van der Waals surface area contributed by atoms with Gasteiger partial charge in [0, 0.05) is 13.2 Å². The van der Waals surface area contributed by atoms with Gasteiger partial charge in [0.05, 0.1) is 19.8 Å². The summed E-state index contributed by atoms with van der Waals surface area (Å²) in [4.78, 5) is 10.1. The van der Waals surface area contributed by atoms with Crippen LogP contribution in [0.2, 0.25) is 0 Å². The molecule has 0 saturated carbocycles. The van der Waals surface area contributed by atoms with Crippen LogP contribution in [0.4, 0.5) is 0 Å². The topological polar surface area (TPSA) is 46.2 Å². The van der Waals surface area contributed by atoms with Crippen LogP contribution in [-0.4, -0.2) is 46.4 Å². The van der Waals surface area contributed by atoms with Crippen LogP contribution in [-0.2, 0) is 24.0 Å². The number of ether oxygens (including phenoxy) is 3. The van der Waals surface area contributed by atoms with E-state index < -0.39 is 0 Å². The average molecular weight is 475 g/mol. The largest absolute Gasteiger partial charge is 0.379 e. The zero-order valence-corrected chi connectivity index (χ0v) is 22.4. The summed E-state index contributed by atoms with van der Waals surface area (Å²) < 4.78 is 16.4. The molecule has 0 amide bonds. The number of hydrogen-bond donors (Lipinski definition) is 0. The highest BCUT2D eigenvalue weighted by Crippen LogP contribution is 2.13. The lowest BCUT2D eigenvalue weighted by Gasteiger charge is -2.07. The third-order valence-electron chi connectivity index (χ3n) is 5.93. The van der Waals surface area contributed by atoms with Gasteiger partial charge in [-0.2, -0.15) is 0 Å². The van der Waals surface area contributed by atoms with E-state index in [1.54, 1.807) is 0 Å². The predicted molar refractivity (Wildman–Crippen MR) is 139 cm³/mol. The second kappa shape index (κ2) is 31.8. The van der Waals surface area contributed by atoms with Gasteiger partial charge in [-0.05, 0) is 12.8 Å². The first-order valence-corrected chi connectivity index (χ1v) is 14.4. The van der Waals surface area contributed by atoms with Gasteiger partial charge in [0.1, 0.15) is 6.61 Å². The minimum absolute atomic E-state index is 0.194. The fourth-order valence-corrected chi connectivity index (χ4v) is 3.81. The van der Waals surface area contributed by atoms with Crippen molar-refractivity contribution in [1.82, 2.24) is 0 Å². The molecule has 5 heteroatoms. The molecule has 0 atom stereocenters. The van der Waals surface area contributed by atoms with Crippen molar-refractivity contribution in [3.63, 3.8) is 0 Å². The Balaban J connectivity index is 2.99. The van der Waals surface area contributed by atoms with E-state index in [1.807, 2.05) is 0 Å². The summed E-state index contributed by atoms with van der Waals surface area (Å²) in [6.45, 7) is 8.45. The van der Waals surface area contributed by atoms with Crippen molar-refractivity contribution >= 4 is 0 Å². The molecule has 200 valence electrons. The maximum atomic E-state index is 5.51. The van der Waals surface area contributed by atoms with Gasteiger partial charge in [0.2, 0.25) is 0 Å². The van der Waals surface area contributed by atoms with Crippen LogP contribution in [0.25, 0.3) is 0 Å². The third kappa shape index (κ3) is 31.8. The summed E-state index contributed by atoms with van der Waals surface area (Å²) in [5.74, 6) is 0. The van der Waals surface area contributed by atoms with Crippen molar-refractivity contribution in [3.8, 4) is 0 Å². The first-order chi connectivity index (χ1) is 16.4. The molecule has 0 heterocycles. The smallest absolute Gasteiger partial charge is 0.180 e. The van der Waals surface area contributed by atoms with E-state index in [1.165, 1.54) is 109 Å². The first kappa shape index (κ1) is 32.8. The normalized spacial score (nSPS) is 11.5. The van der Waals surface area contributed by atoms with Crippen molar-refractivity contribution < 1.29 is 24.0 Å². The molecule has 0 fully saturated rings. The van der Waals surface area contributed by atoms with Gasteiger partial charge in [-0.3, -0.25) is 0 Å². The summed E-state index contributed by atoms with van der Waals surface area (Å²) in [7, 11) is 0. The molecule has 0 aromatic heterocycles. The van der Waals surface area contributed by atoms with Gasteiger partial charge >= 0.3 is 0 Å². The molecule has 0 aliphatic rings. The van der Waals surface area contributed by atoms with Crippen LogP contribution in [0.5, 0.6) is 0 Å². The lowest BCUT2D eigenvalue weighted by atomic mass is 10.0. The predicted octanol–water partition coefficient (Wildman–Crippen LogP) is 8.39. The van der Waals surface area contributed by atoms with Crippen LogP contribution >= 0.6 is 0 Å². The summed E-state index contributed by atoms with van der Waals surface area (Å²) in [6.07, 6.45) is 25.6. The van der Waals surface area contributed by atoms with E-state index in [-0.39, 0.29) is 6.79 Å². The molecule has 0 saturated heterocycles. The van der Waals surface area contributed by atoms with Gasteiger partial charge in [0.15, 0.2) is 6.79 Å². The van der Waals surface area contributed by atoms with Crippen LogP contribution in [0.1, 0.15) is 136 Å². The molecule has 0 unspecified atom stereocenters. The number of unbranched alkanes of at least 4 members (excludes halogenated alkanes) is 17. The summed E-state index contributed by atoms with van der Waals surface area (Å²) >= 11 is 0. The number of hydrogen-bond acceptors (Lipinski definition) is 5. The van der Waals surface area contributed by atoms with Crippen LogP contribution in [0.3, 0.4) is 0 Å². The molecule has 33 heavy (non-hydrogen) atoms. The Morgan fingerprint density at radius 1 is 0.303 bits per heavy atom. The Morgan fingerprint density at radius 2 is 0.667 bits per heavy atom. The van der Waals surface area contributed by atoms with Gasteiger partial charge in [-0.1, -0.05) is 123 Å². The van der Waals surface area contributed by atoms with E-state index in [9.17, 15) is 0 Å². The molecular weight excluding hydrogens is 416 g/mol. The Kier molecular flexibility index (Phi) is 31.6. The molecule has 0 radical (unpaired) electrons. The standard InChI is InChI=1S/C28H58O5/c1-3-5-7-9-10-11-12-13-14-15-16-17-18-19-21-23-31-28-33-32-27-26-30-25-24-29-22-20-8-6-4-2/h3-28H2,1-2H3. The van der Waals surface area contributed by atoms with E-state index in [4.69, 9.17) is 24.0 Å². The molecule has 0 bridgehead atoms. The van der Waals surface area contributed by atoms with E-state index in [2.05, 4.69) is 13.8 Å². The van der Waals surface area contributed by atoms with Crippen molar-refractivity contribution in [2.24, 2.45) is 0 Å². The van der Waals surface area contributed by atoms with Crippen LogP contribution in [0, 0.1) is 0 Å². The van der Waals surface area contributed by atoms with Gasteiger partial charge in [-0.15, -0.1) is 0 Å². The van der Waals surface area contributed by atoms with E-state index in [0.29, 0.717) is 26.4 Å². The van der Waals surface area contributed by atoms with Crippen molar-refractivity contribution in [3.05, 3.63) is 0 Å². The SMILES string of the molecule is CCCCCCCCCCCCCCCCCOCOOCCOCCOCCCCCC. The fraction of sp³-hybridized carbons (Fsp3) is 1.00. The van der Waals surface area contributed by atoms with Crippen LogP contribution in [0.15, 0.2) is 0 Å². The zero-order chi connectivity index (χ0) is 23.9. The maximum Gasteiger partial charge on any atom is 0.180 e. The van der Waals surface area contributed by atoms with Crippen molar-refractivity contribution in [1.29, 1.82) is 0 Å². The second-order valence-electron chi connectivity index (χ2n) is 9.20. The van der Waals surface area contributed by atoms with Gasteiger partial charge in [0.25, 0.3) is 0 Å². The first-order valence-electron chi connectivity index (χ1n) is 14.4. The lowest BCUT2D eigenvalue weighted by molar-refractivity contribution is -0.339. The third-order valence-corrected chi connectivity index (χ3v) is 5.93.